The molecule has 14 N–H and O–H groups in total. The van der Waals surface area contributed by atoms with Crippen molar-refractivity contribution in [2.75, 3.05) is 0 Å². The van der Waals surface area contributed by atoms with Crippen LogP contribution in [0.25, 0.3) is 0 Å². The van der Waals surface area contributed by atoms with E-state index in [-0.39, 0.29) is 28.2 Å². The van der Waals surface area contributed by atoms with Crippen LogP contribution in [0.4, 0.5) is 0 Å². The van der Waals surface area contributed by atoms with Gasteiger partial charge in [-0.2, -0.15) is 15.6 Å². The standard InChI is InChI=1S/3H3N.2H3O4P.H2O/c;;;2*1-5(2,3)4;/h3*1H3;2*(H3,1,2,3,4);1H2. The molecule has 0 bridgehead atoms. The first-order valence-electron chi connectivity index (χ1n) is 1.46. The highest BCUT2D eigenvalue weighted by Crippen LogP contribution is 2.03. The van der Waals surface area contributed by atoms with Gasteiger partial charge < -0.3 is 62.4 Å². The maximum atomic E-state index is 8.55. The maximum Gasteiger partial charge on any atom is 1.00 e. The summed E-state index contributed by atoms with van der Waals surface area (Å²) in [4.78, 5) is 51.3. The largest absolute Gasteiger partial charge is 1.00 e. The van der Waals surface area contributed by atoms with E-state index >= 15 is 0 Å². The van der Waals surface area contributed by atoms with Crippen molar-refractivity contribution in [1.82, 2.24) is 18.5 Å². The summed E-state index contributed by atoms with van der Waals surface area (Å²) in [6, 6.07) is 0. The monoisotopic (exact) mass is 265 g/mol. The van der Waals surface area contributed by atoms with Gasteiger partial charge in [0, 0.05) is 0 Å². The number of hydrogen-bond donors (Lipinski definition) is 3. The first kappa shape index (κ1) is 36.9. The van der Waals surface area contributed by atoms with Gasteiger partial charge in [-0.15, -0.1) is 0 Å². The summed E-state index contributed by atoms with van der Waals surface area (Å²) in [5, 5.41) is 0. The second-order valence-corrected chi connectivity index (χ2v) is 2.68. The molecule has 0 fully saturated rings. The molecule has 0 aromatic carbocycles. The molecule has 0 aromatic rings. The van der Waals surface area contributed by atoms with Crippen molar-refractivity contribution in [3.8, 4) is 0 Å². The molecule has 0 spiro atoms. The zero-order chi connectivity index (χ0) is 9.00. The molecule has 0 rings (SSSR count). The lowest BCUT2D eigenvalue weighted by Crippen LogP contribution is -2.24. The maximum absolute atomic E-state index is 8.55. The van der Waals surface area contributed by atoms with Gasteiger partial charge in [-0.3, -0.25) is 0 Å². The second-order valence-electron chi connectivity index (χ2n) is 0.894. The van der Waals surface area contributed by atoms with Crippen LogP contribution in [0.5, 0.6) is 0 Å². The summed E-state index contributed by atoms with van der Waals surface area (Å²) in [6.07, 6.45) is 0. The Bertz CT molecular complexity index is 142. The third kappa shape index (κ3) is 410000. The van der Waals surface area contributed by atoms with E-state index in [1.165, 1.54) is 0 Å². The molecule has 14 heavy (non-hydrogen) atoms. The van der Waals surface area contributed by atoms with Crippen LogP contribution in [0.15, 0.2) is 0 Å². The minimum atomic E-state index is -5.39. The van der Waals surface area contributed by atoms with Gasteiger partial charge in [0.05, 0.1) is 0 Å². The summed E-state index contributed by atoms with van der Waals surface area (Å²) in [5.41, 5.74) is 0. The van der Waals surface area contributed by atoms with E-state index in [0.717, 1.165) is 0 Å². The topological polar surface area (TPSA) is 314 Å². The average Bonchev–Trinajstić information content (AvgIpc) is 1.12. The van der Waals surface area contributed by atoms with Crippen molar-refractivity contribution in [1.29, 1.82) is 0 Å². The summed E-state index contributed by atoms with van der Waals surface area (Å²) in [5.74, 6) is 0. The van der Waals surface area contributed by atoms with E-state index in [0.29, 0.717) is 0 Å². The smallest absolute Gasteiger partial charge is 0.822 e. The minimum absolute atomic E-state index is 0. The van der Waals surface area contributed by atoms with Crippen LogP contribution in [0.1, 0.15) is 4.28 Å². The fourth-order valence-electron chi connectivity index (χ4n) is 0. The molecule has 12 nitrogen and oxygen atoms in total. The molecule has 0 amide bonds. The van der Waals surface area contributed by atoms with Crippen molar-refractivity contribution in [3.05, 3.63) is 0 Å². The quantitative estimate of drug-likeness (QED) is 0.354. The summed E-state index contributed by atoms with van der Waals surface area (Å²) < 4.78 is 17.1. The Balaban J connectivity index is -0.00000000762. The van der Waals surface area contributed by atoms with Gasteiger partial charge in [-0.05, 0) is 0 Å². The second kappa shape index (κ2) is 13.1. The highest BCUT2D eigenvalue weighted by molar-refractivity contribution is 7.40. The fourth-order valence-corrected chi connectivity index (χ4v) is 0. The Kier molecular flexibility index (Phi) is 34.4. The Morgan fingerprint density at radius 1 is 0.643 bits per heavy atom. The SMILES string of the molecule is O.O=P([O-])([O-])[O-].O=P([O-])([O-])[O-].[H+].[H+].[H+].[NH4+].[NH4+].[NH4+]. The van der Waals surface area contributed by atoms with Crippen molar-refractivity contribution < 1.29 is 48.2 Å². The van der Waals surface area contributed by atoms with Crippen LogP contribution in [0.2, 0.25) is 0 Å². The third-order valence-corrected chi connectivity index (χ3v) is 0. The van der Waals surface area contributed by atoms with Crippen LogP contribution in [-0.4, -0.2) is 5.48 Å². The first-order valence-corrected chi connectivity index (χ1v) is 4.38. The lowest BCUT2D eigenvalue weighted by Gasteiger charge is -2.36. The normalized spacial score (nSPS) is 8.43. The molecule has 0 unspecified atom stereocenters. The molecule has 0 saturated heterocycles. The van der Waals surface area contributed by atoms with Gasteiger partial charge in [0.25, 0.3) is 0 Å². The Labute approximate surface area is 83.6 Å². The first-order chi connectivity index (χ1) is 4.00. The molecule has 0 atom stereocenters. The fraction of sp³-hybridized carbons (Fsp3) is 0. The van der Waals surface area contributed by atoms with Gasteiger partial charge in [0.1, 0.15) is 0 Å². The van der Waals surface area contributed by atoms with Crippen molar-refractivity contribution in [2.45, 2.75) is 0 Å². The van der Waals surface area contributed by atoms with Crippen molar-refractivity contribution in [3.63, 3.8) is 0 Å². The molecular formula is H17N3O9P2. The number of hydrogen-bond acceptors (Lipinski definition) is 8. The van der Waals surface area contributed by atoms with Gasteiger partial charge in [-0.1, -0.05) is 0 Å². The van der Waals surface area contributed by atoms with Gasteiger partial charge in [0.2, 0.25) is 0 Å². The van der Waals surface area contributed by atoms with Crippen molar-refractivity contribution >= 4 is 15.6 Å². The highest BCUT2D eigenvalue weighted by Gasteiger charge is 1.45. The zero-order valence-corrected chi connectivity index (χ0v) is 9.45. The van der Waals surface area contributed by atoms with Crippen LogP contribution in [0, 0.1) is 0 Å². The minimum Gasteiger partial charge on any atom is -0.822 e. The summed E-state index contributed by atoms with van der Waals surface area (Å²) in [7, 11) is -10.8. The zero-order valence-electron chi connectivity index (χ0n) is 10.7. The van der Waals surface area contributed by atoms with E-state index in [1.54, 1.807) is 0 Å². The van der Waals surface area contributed by atoms with Gasteiger partial charge in [-0.25, -0.2) is 0 Å². The van der Waals surface area contributed by atoms with Crippen LogP contribution in [-0.2, 0) is 9.13 Å². The van der Waals surface area contributed by atoms with E-state index in [9.17, 15) is 0 Å². The summed E-state index contributed by atoms with van der Waals surface area (Å²) in [6.45, 7) is 0. The van der Waals surface area contributed by atoms with Crippen LogP contribution >= 0.6 is 15.6 Å². The van der Waals surface area contributed by atoms with E-state index < -0.39 is 15.6 Å². The number of phosphoric acid groups is 2. The summed E-state index contributed by atoms with van der Waals surface area (Å²) >= 11 is 0. The van der Waals surface area contributed by atoms with Gasteiger partial charge >= 0.3 is 4.28 Å². The Hall–Kier alpha value is 0.0600. The van der Waals surface area contributed by atoms with E-state index in [2.05, 4.69) is 0 Å². The predicted octanol–water partition coefficient (Wildman–Crippen LogP) is -5.01. The lowest BCUT2D eigenvalue weighted by atomic mass is 14.0. The molecule has 0 saturated carbocycles. The van der Waals surface area contributed by atoms with Crippen molar-refractivity contribution in [2.24, 2.45) is 0 Å². The molecule has 14 heteroatoms. The number of rotatable bonds is 0. The third-order valence-electron chi connectivity index (χ3n) is 0. The lowest BCUT2D eigenvalue weighted by molar-refractivity contribution is -0.434. The molecule has 0 radical (unpaired) electrons. The Morgan fingerprint density at radius 2 is 0.643 bits per heavy atom. The Morgan fingerprint density at radius 3 is 0.643 bits per heavy atom. The van der Waals surface area contributed by atoms with Crippen LogP contribution in [0.3, 0.4) is 0 Å². The molecular weight excluding hydrogens is 248 g/mol. The van der Waals surface area contributed by atoms with E-state index in [4.69, 9.17) is 38.5 Å². The highest BCUT2D eigenvalue weighted by atomic mass is 31.2. The molecule has 0 aliphatic heterocycles. The average molecular weight is 265 g/mol. The van der Waals surface area contributed by atoms with E-state index in [1.807, 2.05) is 0 Å². The molecule has 0 aliphatic rings. The molecule has 0 aromatic heterocycles. The molecule has 0 heterocycles. The number of quaternary nitrogens is 3. The molecule has 0 aliphatic carbocycles. The van der Waals surface area contributed by atoms with Crippen LogP contribution < -0.4 is 47.8 Å². The predicted molar refractivity (Wildman–Crippen MR) is 40.1 cm³/mol. The molecule has 96 valence electrons. The van der Waals surface area contributed by atoms with Gasteiger partial charge in [0.15, 0.2) is 0 Å².